The molecule has 0 saturated heterocycles. The van der Waals surface area contributed by atoms with Gasteiger partial charge in [0.2, 0.25) is 0 Å². The van der Waals surface area contributed by atoms with Gasteiger partial charge in [0, 0.05) is 6.42 Å². The van der Waals surface area contributed by atoms with Crippen molar-refractivity contribution in [2.45, 2.75) is 30.9 Å². The van der Waals surface area contributed by atoms with Crippen LogP contribution < -0.4 is 20.1 Å². The van der Waals surface area contributed by atoms with Crippen molar-refractivity contribution in [3.05, 3.63) is 95.1 Å². The number of halogens is 9. The second kappa shape index (κ2) is 12.7. The van der Waals surface area contributed by atoms with Crippen LogP contribution in [0.25, 0.3) is 0 Å². The van der Waals surface area contributed by atoms with Gasteiger partial charge in [0.25, 0.3) is 0 Å². The summed E-state index contributed by atoms with van der Waals surface area (Å²) in [5.74, 6) is -2.42. The molecule has 0 bridgehead atoms. The predicted molar refractivity (Wildman–Crippen MR) is 131 cm³/mol. The van der Waals surface area contributed by atoms with Crippen LogP contribution in [0.5, 0.6) is 11.5 Å². The fraction of sp³-hybridized carbons (Fsp3) is 0.259. The Bertz CT molecular complexity index is 1380. The highest BCUT2D eigenvalue weighted by atomic mass is 19.4. The number of urea groups is 1. The summed E-state index contributed by atoms with van der Waals surface area (Å²) >= 11 is 0. The van der Waals surface area contributed by atoms with Gasteiger partial charge in [0.05, 0.1) is 18.2 Å². The molecule has 3 aromatic rings. The van der Waals surface area contributed by atoms with Crippen molar-refractivity contribution in [2.75, 3.05) is 13.7 Å². The maximum absolute atomic E-state index is 13.1. The highest BCUT2D eigenvalue weighted by molar-refractivity contribution is 5.89. The first kappa shape index (κ1) is 32.9. The monoisotopic (exact) mass is 624 g/mol. The molecule has 232 valence electrons. The fourth-order valence-corrected chi connectivity index (χ4v) is 4.13. The van der Waals surface area contributed by atoms with E-state index in [4.69, 9.17) is 0 Å². The smallest absolute Gasteiger partial charge is 0.465 e. The van der Waals surface area contributed by atoms with E-state index in [1.54, 1.807) is 5.32 Å². The number of methoxy groups -OCH3 is 1. The zero-order chi connectivity index (χ0) is 32.1. The Morgan fingerprint density at radius 1 is 0.721 bits per heavy atom. The number of carbonyl (C=O) groups is 2. The number of ether oxygens (including phenoxy) is 3. The largest absolute Gasteiger partial charge is 0.573 e. The molecular formula is C27H21F9N2O5. The maximum Gasteiger partial charge on any atom is 0.573 e. The normalized spacial score (nSPS) is 12.3. The van der Waals surface area contributed by atoms with Crippen LogP contribution in [0.2, 0.25) is 0 Å². The second-order valence-electron chi connectivity index (χ2n) is 8.85. The van der Waals surface area contributed by atoms with Crippen LogP contribution in [-0.2, 0) is 16.7 Å². The molecule has 0 aromatic heterocycles. The van der Waals surface area contributed by atoms with Gasteiger partial charge in [0.15, 0.2) is 0 Å². The molecule has 0 fully saturated rings. The van der Waals surface area contributed by atoms with Gasteiger partial charge >= 0.3 is 30.9 Å². The minimum atomic E-state index is -5.17. The first-order valence-corrected chi connectivity index (χ1v) is 11.9. The van der Waals surface area contributed by atoms with Crippen molar-refractivity contribution in [2.24, 2.45) is 0 Å². The first-order chi connectivity index (χ1) is 19.9. The molecule has 0 radical (unpaired) electrons. The number of esters is 1. The molecule has 3 aromatic carbocycles. The minimum Gasteiger partial charge on any atom is -0.465 e. The van der Waals surface area contributed by atoms with Crippen molar-refractivity contribution in [1.29, 1.82) is 0 Å². The minimum absolute atomic E-state index is 0.0151. The Balaban J connectivity index is 2.29. The molecular weight excluding hydrogens is 603 g/mol. The summed E-state index contributed by atoms with van der Waals surface area (Å²) in [4.78, 5) is 25.0. The number of hydrogen-bond acceptors (Lipinski definition) is 5. The van der Waals surface area contributed by atoms with E-state index in [1.807, 2.05) is 0 Å². The van der Waals surface area contributed by atoms with Gasteiger partial charge in [-0.25, -0.2) is 9.59 Å². The molecule has 7 nitrogen and oxygen atoms in total. The number of alkyl halides is 9. The summed E-state index contributed by atoms with van der Waals surface area (Å²) in [5, 5.41) is 3.86. The van der Waals surface area contributed by atoms with Crippen LogP contribution in [0.3, 0.4) is 0 Å². The Hall–Kier alpha value is -4.63. The molecule has 0 spiro atoms. The van der Waals surface area contributed by atoms with Crippen molar-refractivity contribution >= 4 is 12.0 Å². The first-order valence-electron chi connectivity index (χ1n) is 11.9. The van der Waals surface area contributed by atoms with E-state index in [-0.39, 0.29) is 22.3 Å². The average Bonchev–Trinajstić information content (AvgIpc) is 2.89. The standard InChI is InChI=1S/C27H21F9N2O5/c1-41-22(39)17-6-2-5-16(11-17)14-24(38-23(40)37-15-25(28,29)30,18-7-3-9-20(12-18)42-26(31,32)33)19-8-4-10-21(13-19)43-27(34,35)36/h2-13H,14-15H2,1H3,(H2,37,38,40). The van der Waals surface area contributed by atoms with E-state index < -0.39 is 60.9 Å². The van der Waals surface area contributed by atoms with Gasteiger partial charge in [-0.2, -0.15) is 13.2 Å². The highest BCUT2D eigenvalue weighted by Gasteiger charge is 2.40. The van der Waals surface area contributed by atoms with Gasteiger partial charge in [-0.3, -0.25) is 0 Å². The van der Waals surface area contributed by atoms with Crippen LogP contribution in [0, 0.1) is 0 Å². The number of nitrogens with one attached hydrogen (secondary N) is 2. The van der Waals surface area contributed by atoms with Gasteiger partial charge in [-0.05, 0) is 53.1 Å². The molecule has 0 saturated carbocycles. The van der Waals surface area contributed by atoms with Gasteiger partial charge < -0.3 is 24.8 Å². The van der Waals surface area contributed by atoms with E-state index in [0.717, 1.165) is 43.5 Å². The van der Waals surface area contributed by atoms with Gasteiger partial charge in [-0.15, -0.1) is 26.3 Å². The molecule has 2 amide bonds. The Kier molecular flexibility index (Phi) is 9.72. The lowest BCUT2D eigenvalue weighted by atomic mass is 9.77. The summed E-state index contributed by atoms with van der Waals surface area (Å²) in [5.41, 5.74) is -2.52. The SMILES string of the molecule is COC(=O)c1cccc(CC(NC(=O)NCC(F)(F)F)(c2cccc(OC(F)(F)F)c2)c2cccc(OC(F)(F)F)c2)c1. The molecule has 43 heavy (non-hydrogen) atoms. The zero-order valence-corrected chi connectivity index (χ0v) is 21.8. The Morgan fingerprint density at radius 3 is 1.70 bits per heavy atom. The lowest BCUT2D eigenvalue weighted by Crippen LogP contribution is -2.53. The van der Waals surface area contributed by atoms with Crippen LogP contribution in [0.4, 0.5) is 44.3 Å². The molecule has 16 heteroatoms. The van der Waals surface area contributed by atoms with Crippen molar-refractivity contribution in [3.8, 4) is 11.5 Å². The topological polar surface area (TPSA) is 85.9 Å². The van der Waals surface area contributed by atoms with Gasteiger partial charge in [-0.1, -0.05) is 36.4 Å². The number of hydrogen-bond donors (Lipinski definition) is 2. The molecule has 0 unspecified atom stereocenters. The third-order valence-electron chi connectivity index (χ3n) is 5.71. The second-order valence-corrected chi connectivity index (χ2v) is 8.85. The molecule has 2 N–H and O–H groups in total. The molecule has 0 aliphatic rings. The zero-order valence-electron chi connectivity index (χ0n) is 21.8. The lowest BCUT2D eigenvalue weighted by Gasteiger charge is -2.37. The van der Waals surface area contributed by atoms with Crippen LogP contribution >= 0.6 is 0 Å². The van der Waals surface area contributed by atoms with Crippen molar-refractivity contribution in [3.63, 3.8) is 0 Å². The molecule has 0 aliphatic heterocycles. The number of benzene rings is 3. The molecule has 3 rings (SSSR count). The van der Waals surface area contributed by atoms with E-state index in [0.29, 0.717) is 0 Å². The predicted octanol–water partition coefficient (Wildman–Crippen LogP) is 6.62. The van der Waals surface area contributed by atoms with Crippen molar-refractivity contribution < 1.29 is 63.3 Å². The van der Waals surface area contributed by atoms with E-state index in [2.05, 4.69) is 19.5 Å². The maximum atomic E-state index is 13.1. The van der Waals surface area contributed by atoms with E-state index >= 15 is 0 Å². The van der Waals surface area contributed by atoms with E-state index in [1.165, 1.54) is 36.4 Å². The van der Waals surface area contributed by atoms with Crippen LogP contribution in [0.1, 0.15) is 27.0 Å². The van der Waals surface area contributed by atoms with Gasteiger partial charge in [0.1, 0.15) is 18.0 Å². The lowest BCUT2D eigenvalue weighted by molar-refractivity contribution is -0.275. The third kappa shape index (κ3) is 9.72. The summed E-state index contributed by atoms with van der Waals surface area (Å²) in [6.07, 6.45) is -15.7. The van der Waals surface area contributed by atoms with Crippen molar-refractivity contribution in [1.82, 2.24) is 10.6 Å². The van der Waals surface area contributed by atoms with Crippen LogP contribution in [-0.4, -0.2) is 44.6 Å². The average molecular weight is 624 g/mol. The summed E-state index contributed by atoms with van der Waals surface area (Å²) < 4.78 is 130. The summed E-state index contributed by atoms with van der Waals surface area (Å²) in [6.45, 7) is -1.82. The molecule has 0 aliphatic carbocycles. The number of amides is 2. The molecule has 0 atom stereocenters. The third-order valence-corrected chi connectivity index (χ3v) is 5.71. The summed E-state index contributed by atoms with van der Waals surface area (Å²) in [7, 11) is 1.09. The summed E-state index contributed by atoms with van der Waals surface area (Å²) in [6, 6.07) is 11.8. The Labute approximate surface area is 237 Å². The quantitative estimate of drug-likeness (QED) is 0.207. The fourth-order valence-electron chi connectivity index (χ4n) is 4.13. The highest BCUT2D eigenvalue weighted by Crippen LogP contribution is 2.38. The Morgan fingerprint density at radius 2 is 1.23 bits per heavy atom. The van der Waals surface area contributed by atoms with Crippen LogP contribution in [0.15, 0.2) is 72.8 Å². The van der Waals surface area contributed by atoms with E-state index in [9.17, 15) is 49.1 Å². The number of rotatable bonds is 9. The molecule has 0 heterocycles. The number of carbonyl (C=O) groups excluding carboxylic acids is 2.